The molecule has 1 fully saturated rings. The Balaban J connectivity index is 1.54. The first-order valence-electron chi connectivity index (χ1n) is 8.93. The van der Waals surface area contributed by atoms with Gasteiger partial charge in [0.1, 0.15) is 5.69 Å². The first kappa shape index (κ1) is 18.9. The van der Waals surface area contributed by atoms with Crippen molar-refractivity contribution in [3.63, 3.8) is 0 Å². The van der Waals surface area contributed by atoms with Crippen LogP contribution in [0.4, 0.5) is 5.95 Å². The second-order valence-electron chi connectivity index (χ2n) is 6.49. The molecule has 2 aromatic rings. The maximum atomic E-state index is 12.4. The van der Waals surface area contributed by atoms with E-state index in [0.29, 0.717) is 34.7 Å². The Bertz CT molecular complexity index is 763. The summed E-state index contributed by atoms with van der Waals surface area (Å²) in [6, 6.07) is 7.34. The Labute approximate surface area is 163 Å². The summed E-state index contributed by atoms with van der Waals surface area (Å²) in [5.41, 5.74) is 1.38. The fourth-order valence-electron chi connectivity index (χ4n) is 3.11. The summed E-state index contributed by atoms with van der Waals surface area (Å²) < 4.78 is 0. The molecule has 1 amide bonds. The average molecular weight is 393 g/mol. The lowest BCUT2D eigenvalue weighted by atomic mass is 9.95. The van der Waals surface area contributed by atoms with Gasteiger partial charge in [-0.25, -0.2) is 9.97 Å². The molecular formula is C19H22Cl2N4O. The molecule has 5 nitrogen and oxygen atoms in total. The summed E-state index contributed by atoms with van der Waals surface area (Å²) in [7, 11) is 0. The molecule has 7 heteroatoms. The highest BCUT2D eigenvalue weighted by molar-refractivity contribution is 6.35. The Hall–Kier alpha value is -1.85. The third-order valence-corrected chi connectivity index (χ3v) is 5.11. The molecule has 1 aliphatic rings. The maximum Gasteiger partial charge on any atom is 0.270 e. The van der Waals surface area contributed by atoms with Crippen molar-refractivity contribution in [1.29, 1.82) is 0 Å². The maximum absolute atomic E-state index is 12.4. The monoisotopic (exact) mass is 392 g/mol. The van der Waals surface area contributed by atoms with Gasteiger partial charge in [0.15, 0.2) is 0 Å². The van der Waals surface area contributed by atoms with Crippen molar-refractivity contribution in [2.75, 3.05) is 11.9 Å². The highest BCUT2D eigenvalue weighted by Gasteiger charge is 2.17. The topological polar surface area (TPSA) is 66.9 Å². The van der Waals surface area contributed by atoms with Crippen LogP contribution in [0.1, 0.15) is 48.2 Å². The van der Waals surface area contributed by atoms with Crippen molar-refractivity contribution in [2.24, 2.45) is 0 Å². The van der Waals surface area contributed by atoms with E-state index in [1.807, 2.05) is 12.1 Å². The Morgan fingerprint density at radius 1 is 1.15 bits per heavy atom. The van der Waals surface area contributed by atoms with E-state index in [1.165, 1.54) is 19.3 Å². The van der Waals surface area contributed by atoms with Gasteiger partial charge in [0.25, 0.3) is 5.91 Å². The summed E-state index contributed by atoms with van der Waals surface area (Å²) in [5.74, 6) is 0.300. The molecule has 1 aromatic carbocycles. The number of anilines is 1. The van der Waals surface area contributed by atoms with E-state index in [9.17, 15) is 4.79 Å². The molecule has 1 heterocycles. The van der Waals surface area contributed by atoms with Gasteiger partial charge in [-0.05, 0) is 43.0 Å². The minimum absolute atomic E-state index is 0.136. The molecular weight excluding hydrogens is 371 g/mol. The smallest absolute Gasteiger partial charge is 0.270 e. The van der Waals surface area contributed by atoms with E-state index < -0.39 is 0 Å². The summed E-state index contributed by atoms with van der Waals surface area (Å²) >= 11 is 12.1. The number of rotatable bonds is 6. The second-order valence-corrected chi connectivity index (χ2v) is 7.33. The predicted molar refractivity (Wildman–Crippen MR) is 105 cm³/mol. The normalized spacial score (nSPS) is 14.8. The first-order valence-corrected chi connectivity index (χ1v) is 9.69. The van der Waals surface area contributed by atoms with Crippen LogP contribution in [0.2, 0.25) is 10.0 Å². The number of hydrogen-bond donors (Lipinski definition) is 2. The minimum atomic E-state index is -0.136. The number of carbonyl (C=O) groups is 1. The SMILES string of the molecule is O=C(NC1CCCCC1)c1ccnc(NCCc2ccc(Cl)cc2Cl)n1. The fraction of sp³-hybridized carbons (Fsp3) is 0.421. The molecule has 0 saturated heterocycles. The number of benzene rings is 1. The van der Waals surface area contributed by atoms with Crippen molar-refractivity contribution in [1.82, 2.24) is 15.3 Å². The Morgan fingerprint density at radius 2 is 1.96 bits per heavy atom. The molecule has 0 unspecified atom stereocenters. The summed E-state index contributed by atoms with van der Waals surface area (Å²) in [6.07, 6.45) is 8.00. The number of amides is 1. The molecule has 3 rings (SSSR count). The number of aromatic nitrogens is 2. The van der Waals surface area contributed by atoms with Crippen LogP contribution < -0.4 is 10.6 Å². The van der Waals surface area contributed by atoms with E-state index in [2.05, 4.69) is 20.6 Å². The highest BCUT2D eigenvalue weighted by atomic mass is 35.5. The number of nitrogens with zero attached hydrogens (tertiary/aromatic N) is 2. The number of halogens is 2. The van der Waals surface area contributed by atoms with Crippen LogP contribution >= 0.6 is 23.2 Å². The zero-order valence-electron chi connectivity index (χ0n) is 14.5. The molecule has 1 aromatic heterocycles. The van der Waals surface area contributed by atoms with E-state index in [4.69, 9.17) is 23.2 Å². The van der Waals surface area contributed by atoms with Crippen molar-refractivity contribution in [3.8, 4) is 0 Å². The van der Waals surface area contributed by atoms with E-state index >= 15 is 0 Å². The molecule has 0 radical (unpaired) electrons. The van der Waals surface area contributed by atoms with Gasteiger partial charge in [-0.3, -0.25) is 4.79 Å². The van der Waals surface area contributed by atoms with Gasteiger partial charge >= 0.3 is 0 Å². The molecule has 138 valence electrons. The van der Waals surface area contributed by atoms with Gasteiger partial charge in [0, 0.05) is 28.8 Å². The molecule has 0 aliphatic heterocycles. The lowest BCUT2D eigenvalue weighted by Gasteiger charge is -2.22. The Kier molecular flexibility index (Phi) is 6.69. The van der Waals surface area contributed by atoms with Crippen LogP contribution in [0.15, 0.2) is 30.5 Å². The lowest BCUT2D eigenvalue weighted by Crippen LogP contribution is -2.36. The van der Waals surface area contributed by atoms with Crippen molar-refractivity contribution >= 4 is 35.1 Å². The van der Waals surface area contributed by atoms with Crippen LogP contribution in [0, 0.1) is 0 Å². The summed E-state index contributed by atoms with van der Waals surface area (Å²) in [4.78, 5) is 20.9. The van der Waals surface area contributed by atoms with Crippen LogP contribution in [-0.4, -0.2) is 28.5 Å². The van der Waals surface area contributed by atoms with Gasteiger partial charge in [0.2, 0.25) is 5.95 Å². The third-order valence-electron chi connectivity index (χ3n) is 4.52. The predicted octanol–water partition coefficient (Wildman–Crippen LogP) is 4.50. The van der Waals surface area contributed by atoms with Crippen LogP contribution in [0.25, 0.3) is 0 Å². The van der Waals surface area contributed by atoms with Gasteiger partial charge < -0.3 is 10.6 Å². The number of hydrogen-bond acceptors (Lipinski definition) is 4. The van der Waals surface area contributed by atoms with Gasteiger partial charge in [-0.1, -0.05) is 48.5 Å². The fourth-order valence-corrected chi connectivity index (χ4v) is 3.61. The molecule has 0 spiro atoms. The van der Waals surface area contributed by atoms with Gasteiger partial charge in [-0.15, -0.1) is 0 Å². The van der Waals surface area contributed by atoms with Crippen LogP contribution in [0.5, 0.6) is 0 Å². The minimum Gasteiger partial charge on any atom is -0.354 e. The van der Waals surface area contributed by atoms with E-state index in [0.717, 1.165) is 18.4 Å². The van der Waals surface area contributed by atoms with Crippen molar-refractivity contribution < 1.29 is 4.79 Å². The Morgan fingerprint density at radius 3 is 2.73 bits per heavy atom. The molecule has 1 saturated carbocycles. The van der Waals surface area contributed by atoms with E-state index in [-0.39, 0.29) is 11.9 Å². The lowest BCUT2D eigenvalue weighted by molar-refractivity contribution is 0.0922. The van der Waals surface area contributed by atoms with Crippen LogP contribution in [0.3, 0.4) is 0 Å². The third kappa shape index (κ3) is 5.32. The molecule has 0 atom stereocenters. The molecule has 0 bridgehead atoms. The average Bonchev–Trinajstić information content (AvgIpc) is 2.64. The zero-order chi connectivity index (χ0) is 18.4. The van der Waals surface area contributed by atoms with Gasteiger partial charge in [0.05, 0.1) is 0 Å². The molecule has 26 heavy (non-hydrogen) atoms. The summed E-state index contributed by atoms with van der Waals surface area (Å²) in [5, 5.41) is 7.47. The van der Waals surface area contributed by atoms with Crippen molar-refractivity contribution in [3.05, 3.63) is 51.8 Å². The second kappa shape index (κ2) is 9.19. The highest BCUT2D eigenvalue weighted by Crippen LogP contribution is 2.21. The number of carbonyl (C=O) groups excluding carboxylic acids is 1. The molecule has 2 N–H and O–H groups in total. The van der Waals surface area contributed by atoms with E-state index in [1.54, 1.807) is 18.3 Å². The standard InChI is InChI=1S/C19H22Cl2N4O/c20-14-7-6-13(16(21)12-14)8-10-22-19-23-11-9-17(25-19)18(26)24-15-4-2-1-3-5-15/h6-7,9,11-12,15H,1-5,8,10H2,(H,24,26)(H,22,23,25). The first-order chi connectivity index (χ1) is 12.6. The quantitative estimate of drug-likeness (QED) is 0.758. The zero-order valence-corrected chi connectivity index (χ0v) is 16.0. The summed E-state index contributed by atoms with van der Waals surface area (Å²) in [6.45, 7) is 0.606. The van der Waals surface area contributed by atoms with Crippen molar-refractivity contribution in [2.45, 2.75) is 44.6 Å². The van der Waals surface area contributed by atoms with Gasteiger partial charge in [-0.2, -0.15) is 0 Å². The largest absolute Gasteiger partial charge is 0.354 e. The van der Waals surface area contributed by atoms with Crippen LogP contribution in [-0.2, 0) is 6.42 Å². The number of nitrogens with one attached hydrogen (secondary N) is 2. The molecule has 1 aliphatic carbocycles.